The van der Waals surface area contributed by atoms with E-state index < -0.39 is 0 Å². The summed E-state index contributed by atoms with van der Waals surface area (Å²) in [6.45, 7) is 6.86. The van der Waals surface area contributed by atoms with Crippen LogP contribution in [-0.4, -0.2) is 34.8 Å². The van der Waals surface area contributed by atoms with Gasteiger partial charge in [-0.25, -0.2) is 0 Å². The molecule has 0 amide bonds. The monoisotopic (exact) mass is 445 g/mol. The van der Waals surface area contributed by atoms with Crippen molar-refractivity contribution in [2.45, 2.75) is 81.5 Å². The summed E-state index contributed by atoms with van der Waals surface area (Å²) in [5, 5.41) is 0.332. The van der Waals surface area contributed by atoms with E-state index in [1.807, 2.05) is 0 Å². The smallest absolute Gasteiger partial charge is 0.0418 e. The van der Waals surface area contributed by atoms with Crippen molar-refractivity contribution >= 4 is 23.2 Å². The maximum Gasteiger partial charge on any atom is 0.0418 e. The number of rotatable bonds is 10. The van der Waals surface area contributed by atoms with Gasteiger partial charge in [0.1, 0.15) is 0 Å². The summed E-state index contributed by atoms with van der Waals surface area (Å²) in [6.07, 6.45) is 7.95. The largest absolute Gasteiger partial charge is 0.300 e. The van der Waals surface area contributed by atoms with Crippen molar-refractivity contribution < 1.29 is 0 Å². The van der Waals surface area contributed by atoms with Crippen LogP contribution in [0.1, 0.15) is 68.6 Å². The average molecular weight is 447 g/mol. The summed E-state index contributed by atoms with van der Waals surface area (Å²) in [5.74, 6) is 0.285. The molecule has 1 fully saturated rings. The lowest BCUT2D eigenvalue weighted by atomic mass is 9.83. The fourth-order valence-electron chi connectivity index (χ4n) is 4.91. The predicted octanol–water partition coefficient (Wildman–Crippen LogP) is 7.44. The predicted molar refractivity (Wildman–Crippen MR) is 132 cm³/mol. The van der Waals surface area contributed by atoms with Gasteiger partial charge in [-0.3, -0.25) is 0 Å². The molecule has 3 unspecified atom stereocenters. The van der Waals surface area contributed by atoms with Crippen LogP contribution in [0.5, 0.6) is 0 Å². The Morgan fingerprint density at radius 1 is 0.867 bits per heavy atom. The van der Waals surface area contributed by atoms with Gasteiger partial charge in [0.25, 0.3) is 0 Å². The number of aryl methyl sites for hydroxylation is 1. The molecule has 3 heteroatoms. The number of benzene rings is 2. The molecule has 0 bridgehead atoms. The maximum atomic E-state index is 6.61. The highest BCUT2D eigenvalue weighted by Gasteiger charge is 2.32. The van der Waals surface area contributed by atoms with Crippen molar-refractivity contribution in [1.29, 1.82) is 0 Å². The highest BCUT2D eigenvalue weighted by atomic mass is 35.5. The third-order valence-electron chi connectivity index (χ3n) is 6.79. The Morgan fingerprint density at radius 3 is 2.10 bits per heavy atom. The van der Waals surface area contributed by atoms with Gasteiger partial charge in [0.2, 0.25) is 0 Å². The zero-order chi connectivity index (χ0) is 21.3. The molecule has 164 valence electrons. The minimum absolute atomic E-state index is 0.166. The molecule has 1 aliphatic carbocycles. The Balaban J connectivity index is 1.54. The topological polar surface area (TPSA) is 3.24 Å². The molecule has 2 aromatic rings. The second kappa shape index (κ2) is 12.1. The number of hydrogen-bond acceptors (Lipinski definition) is 1. The van der Waals surface area contributed by atoms with Crippen molar-refractivity contribution in [3.05, 3.63) is 71.3 Å². The van der Waals surface area contributed by atoms with Gasteiger partial charge in [-0.1, -0.05) is 74.9 Å². The second-order valence-corrected chi connectivity index (χ2v) is 9.82. The number of likely N-dealkylation sites (N-methyl/N-ethyl adjacent to an activating group) is 1. The van der Waals surface area contributed by atoms with Crippen molar-refractivity contribution in [3.63, 3.8) is 0 Å². The molecule has 0 heterocycles. The SMILES string of the molecule is CCC(CCc1ccc(C2C(Cl)CCCC2Cl)cc1)N(CC)CCc1ccccc1. The molecule has 1 nitrogen and oxygen atoms in total. The standard InChI is InChI=1S/C27H37Cl2N/c1-3-24(30(4-2)20-19-21-9-6-5-7-10-21)18-15-22-13-16-23(17-14-22)27-25(28)11-8-12-26(27)29/h5-7,9-10,13-14,16-17,24-27H,3-4,8,11-12,15,18-20H2,1-2H3. The molecule has 30 heavy (non-hydrogen) atoms. The highest BCUT2D eigenvalue weighted by molar-refractivity contribution is 6.24. The van der Waals surface area contributed by atoms with Crippen LogP contribution in [0.3, 0.4) is 0 Å². The minimum Gasteiger partial charge on any atom is -0.300 e. The van der Waals surface area contributed by atoms with Crippen molar-refractivity contribution in [2.75, 3.05) is 13.1 Å². The van der Waals surface area contributed by atoms with Crippen LogP contribution in [0.25, 0.3) is 0 Å². The molecule has 0 aliphatic heterocycles. The van der Waals surface area contributed by atoms with E-state index >= 15 is 0 Å². The number of halogens is 2. The molecule has 0 radical (unpaired) electrons. The normalized spacial score (nSPS) is 22.9. The Labute approximate surface area is 193 Å². The first-order valence-electron chi connectivity index (χ1n) is 11.8. The molecule has 0 N–H and O–H groups in total. The van der Waals surface area contributed by atoms with Crippen molar-refractivity contribution in [1.82, 2.24) is 4.90 Å². The quantitative estimate of drug-likeness (QED) is 0.343. The number of alkyl halides is 2. The number of nitrogens with zero attached hydrogens (tertiary/aromatic N) is 1. The van der Waals surface area contributed by atoms with E-state index in [1.165, 1.54) is 29.5 Å². The van der Waals surface area contributed by atoms with Gasteiger partial charge >= 0.3 is 0 Å². The summed E-state index contributed by atoms with van der Waals surface area (Å²) in [5.41, 5.74) is 4.16. The lowest BCUT2D eigenvalue weighted by Crippen LogP contribution is -2.36. The van der Waals surface area contributed by atoms with Crippen LogP contribution in [0.4, 0.5) is 0 Å². The van der Waals surface area contributed by atoms with Crippen LogP contribution >= 0.6 is 23.2 Å². The molecule has 3 atom stereocenters. The van der Waals surface area contributed by atoms with Crippen LogP contribution in [0, 0.1) is 0 Å². The van der Waals surface area contributed by atoms with E-state index in [2.05, 4.69) is 73.3 Å². The third kappa shape index (κ3) is 6.49. The Kier molecular flexibility index (Phi) is 9.56. The van der Waals surface area contributed by atoms with Gasteiger partial charge in [-0.05, 0) is 61.8 Å². The highest BCUT2D eigenvalue weighted by Crippen LogP contribution is 2.39. The van der Waals surface area contributed by atoms with Crippen LogP contribution in [0.2, 0.25) is 0 Å². The van der Waals surface area contributed by atoms with Crippen LogP contribution < -0.4 is 0 Å². The van der Waals surface area contributed by atoms with Gasteiger partial charge in [0, 0.05) is 29.3 Å². The Hall–Kier alpha value is -1.02. The maximum absolute atomic E-state index is 6.61. The van der Waals surface area contributed by atoms with Crippen molar-refractivity contribution in [2.24, 2.45) is 0 Å². The summed E-state index contributed by atoms with van der Waals surface area (Å²) in [7, 11) is 0. The fourth-order valence-corrected chi connectivity index (χ4v) is 5.94. The lowest BCUT2D eigenvalue weighted by molar-refractivity contribution is 0.193. The molecule has 1 aliphatic rings. The summed E-state index contributed by atoms with van der Waals surface area (Å²) < 4.78 is 0. The fraction of sp³-hybridized carbons (Fsp3) is 0.556. The average Bonchev–Trinajstić information content (AvgIpc) is 2.77. The summed E-state index contributed by atoms with van der Waals surface area (Å²) in [4.78, 5) is 2.65. The molecular formula is C27H37Cl2N. The van der Waals surface area contributed by atoms with Gasteiger partial charge in [0.15, 0.2) is 0 Å². The lowest BCUT2D eigenvalue weighted by Gasteiger charge is -2.32. The second-order valence-electron chi connectivity index (χ2n) is 8.70. The van der Waals surface area contributed by atoms with Gasteiger partial charge < -0.3 is 4.90 Å². The molecular weight excluding hydrogens is 409 g/mol. The van der Waals surface area contributed by atoms with Crippen LogP contribution in [-0.2, 0) is 12.8 Å². The molecule has 2 aromatic carbocycles. The van der Waals surface area contributed by atoms with E-state index in [-0.39, 0.29) is 16.7 Å². The number of hydrogen-bond donors (Lipinski definition) is 0. The Bertz CT molecular complexity index is 720. The minimum atomic E-state index is 0.166. The van der Waals surface area contributed by atoms with Gasteiger partial charge in [-0.15, -0.1) is 23.2 Å². The molecule has 3 rings (SSSR count). The van der Waals surface area contributed by atoms with Gasteiger partial charge in [0.05, 0.1) is 0 Å². The first-order valence-corrected chi connectivity index (χ1v) is 12.6. The zero-order valence-corrected chi connectivity index (χ0v) is 20.1. The zero-order valence-electron chi connectivity index (χ0n) is 18.6. The van der Waals surface area contributed by atoms with Gasteiger partial charge in [-0.2, -0.15) is 0 Å². The van der Waals surface area contributed by atoms with E-state index in [0.29, 0.717) is 6.04 Å². The summed E-state index contributed by atoms with van der Waals surface area (Å²) in [6, 6.07) is 20.6. The third-order valence-corrected chi connectivity index (χ3v) is 7.77. The van der Waals surface area contributed by atoms with E-state index in [0.717, 1.165) is 45.2 Å². The molecule has 0 spiro atoms. The van der Waals surface area contributed by atoms with Crippen LogP contribution in [0.15, 0.2) is 54.6 Å². The van der Waals surface area contributed by atoms with E-state index in [4.69, 9.17) is 23.2 Å². The van der Waals surface area contributed by atoms with E-state index in [1.54, 1.807) is 0 Å². The van der Waals surface area contributed by atoms with Crippen molar-refractivity contribution in [3.8, 4) is 0 Å². The first-order chi connectivity index (χ1) is 14.6. The Morgan fingerprint density at radius 2 is 1.50 bits per heavy atom. The molecule has 0 saturated heterocycles. The molecule has 0 aromatic heterocycles. The van der Waals surface area contributed by atoms with E-state index in [9.17, 15) is 0 Å². The summed E-state index contributed by atoms with van der Waals surface area (Å²) >= 11 is 13.2. The first kappa shape index (κ1) is 23.6. The molecule has 1 saturated carbocycles.